The zero-order valence-electron chi connectivity index (χ0n) is 14.6. The quantitative estimate of drug-likeness (QED) is 0.756. The lowest BCUT2D eigenvalue weighted by molar-refractivity contribution is -0.147. The fraction of sp³-hybridized carbons (Fsp3) is 0.211. The molecular formula is C19H17N5O3. The molecule has 3 aromatic rings. The molecule has 1 aliphatic rings. The highest BCUT2D eigenvalue weighted by Gasteiger charge is 2.48. The van der Waals surface area contributed by atoms with Crippen LogP contribution in [0.25, 0.3) is 5.82 Å². The molecule has 27 heavy (non-hydrogen) atoms. The Bertz CT molecular complexity index is 1000. The summed E-state index contributed by atoms with van der Waals surface area (Å²) in [6.45, 7) is 2.17. The Labute approximate surface area is 155 Å². The lowest BCUT2D eigenvalue weighted by atomic mass is 9.82. The Hall–Kier alpha value is -3.55. The number of likely N-dealkylation sites (tertiary alicyclic amines) is 1. The summed E-state index contributed by atoms with van der Waals surface area (Å²) in [4.78, 5) is 34.2. The molecular weight excluding hydrogens is 346 g/mol. The average Bonchev–Trinajstić information content (AvgIpc) is 3.08. The van der Waals surface area contributed by atoms with Crippen molar-refractivity contribution in [3.05, 3.63) is 71.9 Å². The van der Waals surface area contributed by atoms with E-state index in [2.05, 4.69) is 15.1 Å². The second kappa shape index (κ2) is 6.64. The first-order valence-corrected chi connectivity index (χ1v) is 8.49. The molecule has 1 N–H and O–H groups in total. The van der Waals surface area contributed by atoms with Gasteiger partial charge in [0.1, 0.15) is 6.04 Å². The molecule has 0 radical (unpaired) electrons. The normalized spacial score (nSPS) is 18.8. The van der Waals surface area contributed by atoms with Crippen molar-refractivity contribution >= 4 is 11.9 Å². The topological polar surface area (TPSA) is 101 Å². The van der Waals surface area contributed by atoms with Gasteiger partial charge in [-0.3, -0.25) is 4.79 Å². The molecule has 0 aliphatic carbocycles. The Morgan fingerprint density at radius 1 is 1.15 bits per heavy atom. The molecule has 136 valence electrons. The predicted octanol–water partition coefficient (Wildman–Crippen LogP) is 1.66. The number of benzene rings is 1. The summed E-state index contributed by atoms with van der Waals surface area (Å²) in [6, 6.07) is 11.9. The van der Waals surface area contributed by atoms with Gasteiger partial charge in [0.25, 0.3) is 5.91 Å². The predicted molar refractivity (Wildman–Crippen MR) is 95.5 cm³/mol. The van der Waals surface area contributed by atoms with Gasteiger partial charge in [0.2, 0.25) is 5.82 Å². The summed E-state index contributed by atoms with van der Waals surface area (Å²) < 4.78 is 1.55. The molecule has 1 amide bonds. The summed E-state index contributed by atoms with van der Waals surface area (Å²) in [5, 5.41) is 13.9. The molecule has 8 nitrogen and oxygen atoms in total. The molecule has 2 atom stereocenters. The van der Waals surface area contributed by atoms with Gasteiger partial charge in [0.05, 0.1) is 5.69 Å². The van der Waals surface area contributed by atoms with Crippen molar-refractivity contribution in [1.29, 1.82) is 0 Å². The highest BCUT2D eigenvalue weighted by molar-refractivity contribution is 5.95. The number of aliphatic carboxylic acids is 1. The van der Waals surface area contributed by atoms with Crippen LogP contribution in [0.3, 0.4) is 0 Å². The average molecular weight is 363 g/mol. The monoisotopic (exact) mass is 363 g/mol. The highest BCUT2D eigenvalue weighted by atomic mass is 16.4. The van der Waals surface area contributed by atoms with E-state index in [0.717, 1.165) is 11.3 Å². The SMILES string of the molecule is Cc1ccn(-c2ccnc(C(=O)N3C[C@H](c4ccccc4)[C@H]3C(=O)O)n2)n1. The van der Waals surface area contributed by atoms with Gasteiger partial charge in [0.15, 0.2) is 5.82 Å². The third-order valence-electron chi connectivity index (χ3n) is 4.64. The summed E-state index contributed by atoms with van der Waals surface area (Å²) in [7, 11) is 0. The molecule has 0 bridgehead atoms. The number of carboxylic acids is 1. The van der Waals surface area contributed by atoms with Gasteiger partial charge < -0.3 is 10.0 Å². The molecule has 1 fully saturated rings. The fourth-order valence-corrected chi connectivity index (χ4v) is 3.26. The third kappa shape index (κ3) is 3.05. The number of rotatable bonds is 4. The zero-order chi connectivity index (χ0) is 19.0. The van der Waals surface area contributed by atoms with E-state index in [-0.39, 0.29) is 11.7 Å². The third-order valence-corrected chi connectivity index (χ3v) is 4.64. The molecule has 0 saturated carbocycles. The number of hydrogen-bond acceptors (Lipinski definition) is 5. The maximum Gasteiger partial charge on any atom is 0.327 e. The molecule has 0 spiro atoms. The van der Waals surface area contributed by atoms with Crippen LogP contribution < -0.4 is 0 Å². The van der Waals surface area contributed by atoms with E-state index < -0.39 is 17.9 Å². The van der Waals surface area contributed by atoms with Crippen LogP contribution >= 0.6 is 0 Å². The Balaban J connectivity index is 1.59. The van der Waals surface area contributed by atoms with E-state index in [4.69, 9.17) is 0 Å². The van der Waals surface area contributed by atoms with Crippen molar-refractivity contribution in [2.75, 3.05) is 6.54 Å². The lowest BCUT2D eigenvalue weighted by Gasteiger charge is -2.45. The van der Waals surface area contributed by atoms with E-state index in [9.17, 15) is 14.7 Å². The summed E-state index contributed by atoms with van der Waals surface area (Å²) >= 11 is 0. The van der Waals surface area contributed by atoms with Crippen LogP contribution in [0.15, 0.2) is 54.9 Å². The number of amides is 1. The molecule has 1 aliphatic heterocycles. The molecule has 0 unspecified atom stereocenters. The van der Waals surface area contributed by atoms with Gasteiger partial charge in [-0.25, -0.2) is 19.4 Å². The standard InChI is InChI=1S/C19H17N5O3/c1-12-8-10-24(22-12)15-7-9-20-17(21-15)18(25)23-11-14(16(23)19(26)27)13-5-3-2-4-6-13/h2-10,14,16H,11H2,1H3,(H,26,27)/t14-,16+/m1/s1. The van der Waals surface area contributed by atoms with Crippen molar-refractivity contribution in [3.8, 4) is 5.82 Å². The Kier molecular flexibility index (Phi) is 4.15. The van der Waals surface area contributed by atoms with Gasteiger partial charge in [0, 0.05) is 30.9 Å². The van der Waals surface area contributed by atoms with Gasteiger partial charge in [-0.2, -0.15) is 5.10 Å². The smallest absolute Gasteiger partial charge is 0.327 e. The van der Waals surface area contributed by atoms with Gasteiger partial charge in [-0.1, -0.05) is 30.3 Å². The number of aromatic nitrogens is 4. The van der Waals surface area contributed by atoms with E-state index in [1.807, 2.05) is 43.3 Å². The maximum absolute atomic E-state index is 12.8. The van der Waals surface area contributed by atoms with Gasteiger partial charge >= 0.3 is 5.97 Å². The minimum Gasteiger partial charge on any atom is -0.480 e. The maximum atomic E-state index is 12.8. The second-order valence-corrected chi connectivity index (χ2v) is 6.40. The van der Waals surface area contributed by atoms with E-state index in [0.29, 0.717) is 12.4 Å². The fourth-order valence-electron chi connectivity index (χ4n) is 3.26. The van der Waals surface area contributed by atoms with Crippen molar-refractivity contribution in [2.45, 2.75) is 18.9 Å². The highest BCUT2D eigenvalue weighted by Crippen LogP contribution is 2.35. The number of carboxylic acid groups (broad SMARTS) is 1. The first kappa shape index (κ1) is 16.9. The first-order valence-electron chi connectivity index (χ1n) is 8.49. The largest absolute Gasteiger partial charge is 0.480 e. The summed E-state index contributed by atoms with van der Waals surface area (Å²) in [5.74, 6) is -1.38. The van der Waals surface area contributed by atoms with E-state index >= 15 is 0 Å². The van der Waals surface area contributed by atoms with Crippen LogP contribution in [0, 0.1) is 6.92 Å². The number of nitrogens with zero attached hydrogens (tertiary/aromatic N) is 5. The molecule has 1 saturated heterocycles. The van der Waals surface area contributed by atoms with Crippen LogP contribution in [-0.4, -0.2) is 54.2 Å². The lowest BCUT2D eigenvalue weighted by Crippen LogP contribution is -2.61. The number of hydrogen-bond donors (Lipinski definition) is 1. The summed E-state index contributed by atoms with van der Waals surface area (Å²) in [5.41, 5.74) is 1.72. The van der Waals surface area contributed by atoms with Crippen LogP contribution in [0.5, 0.6) is 0 Å². The van der Waals surface area contributed by atoms with Crippen molar-refractivity contribution in [2.24, 2.45) is 0 Å². The van der Waals surface area contributed by atoms with Crippen molar-refractivity contribution < 1.29 is 14.7 Å². The molecule has 2 aromatic heterocycles. The Morgan fingerprint density at radius 2 is 1.93 bits per heavy atom. The number of carbonyl (C=O) groups is 2. The van der Waals surface area contributed by atoms with E-state index in [1.54, 1.807) is 16.9 Å². The molecule has 4 rings (SSSR count). The van der Waals surface area contributed by atoms with Crippen LogP contribution in [0.4, 0.5) is 0 Å². The minimum absolute atomic E-state index is 0.0431. The van der Waals surface area contributed by atoms with Crippen LogP contribution in [-0.2, 0) is 4.79 Å². The molecule has 1 aromatic carbocycles. The summed E-state index contributed by atoms with van der Waals surface area (Å²) in [6.07, 6.45) is 3.21. The number of carbonyl (C=O) groups excluding carboxylic acids is 1. The minimum atomic E-state index is -1.04. The van der Waals surface area contributed by atoms with Crippen LogP contribution in [0.1, 0.15) is 27.8 Å². The van der Waals surface area contributed by atoms with Crippen molar-refractivity contribution in [3.63, 3.8) is 0 Å². The van der Waals surface area contributed by atoms with Crippen molar-refractivity contribution in [1.82, 2.24) is 24.6 Å². The van der Waals surface area contributed by atoms with Crippen LogP contribution in [0.2, 0.25) is 0 Å². The Morgan fingerprint density at radius 3 is 2.59 bits per heavy atom. The van der Waals surface area contributed by atoms with E-state index in [1.165, 1.54) is 11.1 Å². The molecule has 3 heterocycles. The second-order valence-electron chi connectivity index (χ2n) is 6.40. The van der Waals surface area contributed by atoms with Gasteiger partial charge in [-0.05, 0) is 18.6 Å². The van der Waals surface area contributed by atoms with Gasteiger partial charge in [-0.15, -0.1) is 0 Å². The zero-order valence-corrected chi connectivity index (χ0v) is 14.6. The number of aryl methyl sites for hydroxylation is 1. The first-order chi connectivity index (χ1) is 13.0. The molecule has 8 heteroatoms.